The fourth-order valence-corrected chi connectivity index (χ4v) is 0.751. The molecule has 0 unspecified atom stereocenters. The van der Waals surface area contributed by atoms with Gasteiger partial charge in [-0.25, -0.2) is 9.78 Å². The van der Waals surface area contributed by atoms with Crippen LogP contribution in [0.15, 0.2) is 0 Å². The summed E-state index contributed by atoms with van der Waals surface area (Å²) in [5.41, 5.74) is 0. The first-order chi connectivity index (χ1) is 4.33. The maximum atomic E-state index is 5.16. The van der Waals surface area contributed by atoms with Crippen LogP contribution in [0, 0.1) is 0 Å². The van der Waals surface area contributed by atoms with E-state index in [1.54, 1.807) is 0 Å². The summed E-state index contributed by atoms with van der Waals surface area (Å²) in [5, 5.41) is 0. The van der Waals surface area contributed by atoms with Gasteiger partial charge in [0.25, 0.3) is 0 Å². The van der Waals surface area contributed by atoms with Crippen molar-refractivity contribution in [2.45, 2.75) is 39.3 Å². The Kier molecular flexibility index (Phi) is 2.45. The quantitative estimate of drug-likeness (QED) is 0.532. The zero-order valence-electron chi connectivity index (χ0n) is 5.79. The molecule has 0 aliphatic carbocycles. The molecule has 1 heterocycles. The van der Waals surface area contributed by atoms with Crippen molar-refractivity contribution in [2.75, 3.05) is 0 Å². The highest BCUT2D eigenvalue weighted by Gasteiger charge is 2.22. The van der Waals surface area contributed by atoms with Crippen LogP contribution >= 0.6 is 0 Å². The molecule has 3 nitrogen and oxygen atoms in total. The first-order valence-electron chi connectivity index (χ1n) is 3.30. The van der Waals surface area contributed by atoms with E-state index in [1.807, 2.05) is 6.92 Å². The zero-order chi connectivity index (χ0) is 6.69. The minimum Gasteiger partial charge on any atom is -0.318 e. The minimum atomic E-state index is -0.193. The Bertz CT molecular complexity index is 82.4. The molecular formula is C6H12O3. The van der Waals surface area contributed by atoms with Crippen LogP contribution in [0.1, 0.15) is 26.7 Å². The summed E-state index contributed by atoms with van der Waals surface area (Å²) < 4.78 is 5.16. The lowest BCUT2D eigenvalue weighted by molar-refractivity contribution is -0.294. The summed E-state index contributed by atoms with van der Waals surface area (Å²) >= 11 is 0. The van der Waals surface area contributed by atoms with Crippen molar-refractivity contribution in [3.8, 4) is 0 Å². The number of hydrogen-bond donors (Lipinski definition) is 0. The summed E-state index contributed by atoms with van der Waals surface area (Å²) in [7, 11) is 0. The van der Waals surface area contributed by atoms with Crippen LogP contribution in [0.5, 0.6) is 0 Å². The maximum absolute atomic E-state index is 5.16. The molecule has 3 heteroatoms. The monoisotopic (exact) mass is 132 g/mol. The van der Waals surface area contributed by atoms with Crippen LogP contribution in [0.25, 0.3) is 0 Å². The molecule has 0 spiro atoms. The molecule has 0 saturated carbocycles. The van der Waals surface area contributed by atoms with Crippen molar-refractivity contribution < 1.29 is 14.5 Å². The van der Waals surface area contributed by atoms with Crippen LogP contribution in [0.3, 0.4) is 0 Å². The van der Waals surface area contributed by atoms with E-state index in [1.165, 1.54) is 0 Å². The fourth-order valence-electron chi connectivity index (χ4n) is 0.751. The SMILES string of the molecule is CCC[C@H]1OO[C@H](C)O1. The molecule has 0 aromatic heterocycles. The third-order valence-electron chi connectivity index (χ3n) is 1.17. The van der Waals surface area contributed by atoms with Gasteiger partial charge in [-0.2, -0.15) is 0 Å². The second-order valence-corrected chi connectivity index (χ2v) is 2.11. The van der Waals surface area contributed by atoms with Gasteiger partial charge in [0.05, 0.1) is 0 Å². The van der Waals surface area contributed by atoms with Gasteiger partial charge in [0, 0.05) is 6.42 Å². The topological polar surface area (TPSA) is 27.7 Å². The van der Waals surface area contributed by atoms with E-state index in [2.05, 4.69) is 6.92 Å². The summed E-state index contributed by atoms with van der Waals surface area (Å²) in [4.78, 5) is 9.48. The van der Waals surface area contributed by atoms with E-state index in [9.17, 15) is 0 Å². The first-order valence-corrected chi connectivity index (χ1v) is 3.30. The molecule has 0 amide bonds. The Morgan fingerprint density at radius 2 is 2.11 bits per heavy atom. The van der Waals surface area contributed by atoms with Gasteiger partial charge in [0.1, 0.15) is 0 Å². The average Bonchev–Trinajstić information content (AvgIpc) is 2.17. The van der Waals surface area contributed by atoms with Gasteiger partial charge in [-0.15, -0.1) is 0 Å². The molecule has 9 heavy (non-hydrogen) atoms. The fraction of sp³-hybridized carbons (Fsp3) is 1.00. The van der Waals surface area contributed by atoms with Crippen molar-refractivity contribution in [3.05, 3.63) is 0 Å². The normalized spacial score (nSPS) is 35.3. The van der Waals surface area contributed by atoms with E-state index in [0.717, 1.165) is 12.8 Å². The average molecular weight is 132 g/mol. The smallest absolute Gasteiger partial charge is 0.194 e. The van der Waals surface area contributed by atoms with Crippen LogP contribution in [0.2, 0.25) is 0 Å². The number of ether oxygens (including phenoxy) is 1. The Balaban J connectivity index is 2.14. The molecule has 0 radical (unpaired) electrons. The molecule has 54 valence electrons. The summed E-state index contributed by atoms with van der Waals surface area (Å²) in [6.07, 6.45) is 1.64. The highest BCUT2D eigenvalue weighted by Crippen LogP contribution is 2.15. The molecule has 2 atom stereocenters. The van der Waals surface area contributed by atoms with Crippen molar-refractivity contribution in [1.29, 1.82) is 0 Å². The molecule has 1 saturated heterocycles. The summed E-state index contributed by atoms with van der Waals surface area (Å²) in [6.45, 7) is 3.89. The van der Waals surface area contributed by atoms with E-state index >= 15 is 0 Å². The number of hydrogen-bond acceptors (Lipinski definition) is 3. The van der Waals surface area contributed by atoms with Crippen molar-refractivity contribution in [2.24, 2.45) is 0 Å². The van der Waals surface area contributed by atoms with Crippen molar-refractivity contribution >= 4 is 0 Å². The predicted molar refractivity (Wildman–Crippen MR) is 31.4 cm³/mol. The maximum Gasteiger partial charge on any atom is 0.194 e. The third-order valence-corrected chi connectivity index (χ3v) is 1.17. The summed E-state index contributed by atoms with van der Waals surface area (Å²) in [6, 6.07) is 0. The lowest BCUT2D eigenvalue weighted by Crippen LogP contribution is -2.08. The minimum absolute atomic E-state index is 0.134. The molecule has 0 bridgehead atoms. The third kappa shape index (κ3) is 1.93. The van der Waals surface area contributed by atoms with Crippen LogP contribution in [-0.4, -0.2) is 12.6 Å². The molecule has 0 aromatic carbocycles. The Labute approximate surface area is 54.8 Å². The van der Waals surface area contributed by atoms with Gasteiger partial charge in [-0.1, -0.05) is 13.3 Å². The molecule has 1 aliphatic rings. The Hall–Kier alpha value is -0.120. The largest absolute Gasteiger partial charge is 0.318 e. The van der Waals surface area contributed by atoms with Crippen molar-refractivity contribution in [3.63, 3.8) is 0 Å². The summed E-state index contributed by atoms with van der Waals surface area (Å²) in [5.74, 6) is 0. The second kappa shape index (κ2) is 3.15. The number of rotatable bonds is 2. The lowest BCUT2D eigenvalue weighted by atomic mass is 10.3. The molecule has 1 aliphatic heterocycles. The van der Waals surface area contributed by atoms with E-state index < -0.39 is 0 Å². The van der Waals surface area contributed by atoms with E-state index in [4.69, 9.17) is 14.5 Å². The molecule has 1 fully saturated rings. The molecule has 1 rings (SSSR count). The molecule has 0 aromatic rings. The van der Waals surface area contributed by atoms with E-state index in [-0.39, 0.29) is 12.6 Å². The molecule has 0 N–H and O–H groups in total. The highest BCUT2D eigenvalue weighted by molar-refractivity contribution is 4.45. The molecular weight excluding hydrogens is 120 g/mol. The highest BCUT2D eigenvalue weighted by atomic mass is 17.3. The van der Waals surface area contributed by atoms with Crippen LogP contribution in [0.4, 0.5) is 0 Å². The lowest BCUT2D eigenvalue weighted by Gasteiger charge is -2.01. The van der Waals surface area contributed by atoms with Gasteiger partial charge in [-0.3, -0.25) is 0 Å². The Morgan fingerprint density at radius 1 is 1.33 bits per heavy atom. The van der Waals surface area contributed by atoms with Gasteiger partial charge >= 0.3 is 0 Å². The van der Waals surface area contributed by atoms with Crippen LogP contribution in [-0.2, 0) is 14.5 Å². The second-order valence-electron chi connectivity index (χ2n) is 2.11. The van der Waals surface area contributed by atoms with Gasteiger partial charge < -0.3 is 4.74 Å². The Morgan fingerprint density at radius 3 is 2.56 bits per heavy atom. The first kappa shape index (κ1) is 6.99. The van der Waals surface area contributed by atoms with Crippen molar-refractivity contribution in [1.82, 2.24) is 0 Å². The van der Waals surface area contributed by atoms with Gasteiger partial charge in [0.15, 0.2) is 12.6 Å². The predicted octanol–water partition coefficient (Wildman–Crippen LogP) is 1.44. The standard InChI is InChI=1S/C6H12O3/c1-3-4-6-7-5(2)8-9-6/h5-6H,3-4H2,1-2H3/t5-,6-/m1/s1. The zero-order valence-corrected chi connectivity index (χ0v) is 5.79. The van der Waals surface area contributed by atoms with E-state index in [0.29, 0.717) is 0 Å². The van der Waals surface area contributed by atoms with Gasteiger partial charge in [0.2, 0.25) is 0 Å². The van der Waals surface area contributed by atoms with Gasteiger partial charge in [-0.05, 0) is 6.92 Å². The van der Waals surface area contributed by atoms with Crippen LogP contribution < -0.4 is 0 Å².